The second-order valence-corrected chi connectivity index (χ2v) is 3.74. The van der Waals surface area contributed by atoms with Crippen molar-refractivity contribution in [2.45, 2.75) is 12.8 Å². The van der Waals surface area contributed by atoms with Crippen LogP contribution in [0.2, 0.25) is 0 Å². The molecule has 0 spiro atoms. The molecule has 0 aliphatic carbocycles. The Morgan fingerprint density at radius 1 is 1.33 bits per heavy atom. The predicted molar refractivity (Wildman–Crippen MR) is 70.9 cm³/mol. The van der Waals surface area contributed by atoms with Crippen molar-refractivity contribution in [1.82, 2.24) is 0 Å². The first kappa shape index (κ1) is 5.31. The molecule has 0 aromatic heterocycles. The van der Waals surface area contributed by atoms with E-state index in [1.807, 2.05) is 0 Å². The van der Waals surface area contributed by atoms with Crippen LogP contribution in [0.3, 0.4) is 0 Å². The lowest BCUT2D eigenvalue weighted by Crippen LogP contribution is -2.10. The van der Waals surface area contributed by atoms with E-state index in [9.17, 15) is 4.79 Å². The van der Waals surface area contributed by atoms with Gasteiger partial charge < -0.3 is 9.47 Å². The molecule has 0 heterocycles. The zero-order chi connectivity index (χ0) is 20.7. The molecule has 3 heteroatoms. The number of ether oxygens (including phenoxy) is 2. The predicted octanol–water partition coefficient (Wildman–Crippen LogP) is 3.12. The monoisotopic (exact) mass is 253 g/mol. The molecule has 94 valence electrons. The van der Waals surface area contributed by atoms with Gasteiger partial charge >= 0.3 is 5.97 Å². The lowest BCUT2D eigenvalue weighted by atomic mass is 9.98. The van der Waals surface area contributed by atoms with Crippen molar-refractivity contribution < 1.29 is 26.6 Å². The van der Waals surface area contributed by atoms with E-state index in [-0.39, 0.29) is 40.2 Å². The fourth-order valence-electron chi connectivity index (χ4n) is 1.55. The molecule has 0 amide bonds. The van der Waals surface area contributed by atoms with Crippen LogP contribution in [0.25, 0.3) is 10.8 Å². The fourth-order valence-corrected chi connectivity index (χ4v) is 1.55. The minimum atomic E-state index is -2.93. The number of carbonyl (C=O) groups excluding carboxylic acids is 1. The molecule has 0 saturated heterocycles. The molecule has 0 saturated carbocycles. The Hall–Kier alpha value is -2.03. The van der Waals surface area contributed by atoms with Gasteiger partial charge in [0.05, 0.1) is 32.3 Å². The third kappa shape index (κ3) is 2.30. The number of benzene rings is 2. The smallest absolute Gasteiger partial charge is 0.312 e. The van der Waals surface area contributed by atoms with Gasteiger partial charge in [-0.3, -0.25) is 4.79 Å². The van der Waals surface area contributed by atoms with Gasteiger partial charge in [-0.2, -0.15) is 0 Å². The van der Waals surface area contributed by atoms with Crippen molar-refractivity contribution in [2.75, 3.05) is 14.1 Å². The summed E-state index contributed by atoms with van der Waals surface area (Å²) in [6, 6.07) is 2.92. The van der Waals surface area contributed by atoms with Crippen LogP contribution in [0.4, 0.5) is 0 Å². The van der Waals surface area contributed by atoms with Gasteiger partial charge in [0.25, 0.3) is 0 Å². The molecular formula is C15H16O3. The number of hydrogen-bond acceptors (Lipinski definition) is 3. The average Bonchev–Trinajstić information content (AvgIpc) is 2.48. The Morgan fingerprint density at radius 3 is 3.00 bits per heavy atom. The van der Waals surface area contributed by atoms with Gasteiger partial charge in [0.15, 0.2) is 0 Å². The van der Waals surface area contributed by atoms with Gasteiger partial charge in [-0.15, -0.1) is 0 Å². The first-order chi connectivity index (χ1) is 12.2. The number of carbonyl (C=O) groups is 1. The zero-order valence-corrected chi connectivity index (χ0v) is 9.53. The topological polar surface area (TPSA) is 35.5 Å². The molecule has 1 atom stereocenters. The van der Waals surface area contributed by atoms with Crippen LogP contribution in [-0.2, 0) is 9.53 Å². The van der Waals surface area contributed by atoms with Crippen molar-refractivity contribution in [1.29, 1.82) is 0 Å². The third-order valence-electron chi connectivity index (χ3n) is 2.62. The highest BCUT2D eigenvalue weighted by atomic mass is 16.5. The van der Waals surface area contributed by atoms with E-state index in [0.29, 0.717) is 0 Å². The molecular weight excluding hydrogens is 228 g/mol. The first-order valence-corrected chi connectivity index (χ1v) is 5.16. The maximum Gasteiger partial charge on any atom is 0.312 e. The van der Waals surface area contributed by atoms with E-state index >= 15 is 0 Å². The molecule has 0 N–H and O–H groups in total. The van der Waals surface area contributed by atoms with Gasteiger partial charge in [0.2, 0.25) is 0 Å². The summed E-state index contributed by atoms with van der Waals surface area (Å²) in [6.45, 7) is 1.35. The van der Waals surface area contributed by atoms with Gasteiger partial charge in [-0.05, 0) is 35.4 Å². The average molecular weight is 253 g/mol. The van der Waals surface area contributed by atoms with Crippen LogP contribution in [0.5, 0.6) is 5.75 Å². The van der Waals surface area contributed by atoms with Crippen LogP contribution in [0.1, 0.15) is 30.7 Å². The molecule has 2 rings (SSSR count). The second-order valence-electron chi connectivity index (χ2n) is 3.74. The molecule has 0 unspecified atom stereocenters. The lowest BCUT2D eigenvalue weighted by Gasteiger charge is -2.10. The van der Waals surface area contributed by atoms with Crippen molar-refractivity contribution in [3.05, 3.63) is 41.9 Å². The Labute approximate surface area is 119 Å². The van der Waals surface area contributed by atoms with E-state index in [1.165, 1.54) is 25.1 Å². The summed E-state index contributed by atoms with van der Waals surface area (Å²) in [5.41, 5.74) is 0.0608. The SMILES string of the molecule is [2H]c1cc2c([2H])c([C@H](C)C(=O)OC([2H])([2H])[2H])cc([2H])c2cc1OC([2H])([2H])[2H]. The maximum atomic E-state index is 12.0. The van der Waals surface area contributed by atoms with Gasteiger partial charge in [0.1, 0.15) is 5.75 Å². The highest BCUT2D eigenvalue weighted by molar-refractivity contribution is 5.86. The number of methoxy groups -OCH3 is 2. The lowest BCUT2D eigenvalue weighted by molar-refractivity contribution is -0.141. The van der Waals surface area contributed by atoms with Crippen LogP contribution >= 0.6 is 0 Å². The summed E-state index contributed by atoms with van der Waals surface area (Å²) in [6.07, 6.45) is 0. The Kier molecular flexibility index (Phi) is 1.50. The summed E-state index contributed by atoms with van der Waals surface area (Å²) < 4.78 is 75.7. The number of fused-ring (bicyclic) bond motifs is 1. The van der Waals surface area contributed by atoms with Crippen molar-refractivity contribution in [3.8, 4) is 5.75 Å². The van der Waals surface area contributed by atoms with Crippen LogP contribution in [0.15, 0.2) is 36.3 Å². The minimum absolute atomic E-state index is 0.0608. The highest BCUT2D eigenvalue weighted by Crippen LogP contribution is 2.25. The van der Waals surface area contributed by atoms with Gasteiger partial charge in [-0.1, -0.05) is 24.2 Å². The molecule has 2 aromatic rings. The zero-order valence-electron chi connectivity index (χ0n) is 18.5. The summed E-state index contributed by atoms with van der Waals surface area (Å²) >= 11 is 0. The number of hydrogen-bond donors (Lipinski definition) is 0. The van der Waals surface area contributed by atoms with E-state index < -0.39 is 26.0 Å². The summed E-state index contributed by atoms with van der Waals surface area (Å²) in [7, 11) is -5.70. The molecule has 0 aliphatic heterocycles. The number of esters is 1. The molecule has 0 aliphatic rings. The summed E-state index contributed by atoms with van der Waals surface area (Å²) in [4.78, 5) is 12.0. The van der Waals surface area contributed by atoms with Crippen LogP contribution in [-0.4, -0.2) is 20.0 Å². The Balaban J connectivity index is 2.55. The number of rotatable bonds is 3. The van der Waals surface area contributed by atoms with Crippen molar-refractivity contribution >= 4 is 16.7 Å². The first-order valence-electron chi connectivity index (χ1n) is 9.66. The van der Waals surface area contributed by atoms with Crippen LogP contribution in [0, 0.1) is 0 Å². The van der Waals surface area contributed by atoms with E-state index in [1.54, 1.807) is 0 Å². The molecule has 0 bridgehead atoms. The van der Waals surface area contributed by atoms with Crippen molar-refractivity contribution in [2.24, 2.45) is 0 Å². The highest BCUT2D eigenvalue weighted by Gasteiger charge is 2.15. The molecule has 0 fully saturated rings. The maximum absolute atomic E-state index is 12.0. The normalized spacial score (nSPS) is 20.8. The summed E-state index contributed by atoms with van der Waals surface area (Å²) in [5, 5.41) is 0.296. The van der Waals surface area contributed by atoms with E-state index in [4.69, 9.17) is 17.1 Å². The van der Waals surface area contributed by atoms with Crippen molar-refractivity contribution in [3.63, 3.8) is 0 Å². The largest absolute Gasteiger partial charge is 0.497 e. The van der Waals surface area contributed by atoms with E-state index in [0.717, 1.165) is 0 Å². The molecule has 3 nitrogen and oxygen atoms in total. The molecule has 0 radical (unpaired) electrons. The molecule has 2 aromatic carbocycles. The second kappa shape index (κ2) is 5.08. The summed E-state index contributed by atoms with van der Waals surface area (Å²) in [5.74, 6) is -2.47. The minimum Gasteiger partial charge on any atom is -0.497 e. The Morgan fingerprint density at radius 2 is 2.22 bits per heavy atom. The Bertz CT molecular complexity index is 887. The third-order valence-corrected chi connectivity index (χ3v) is 2.62. The fraction of sp³-hybridized carbons (Fsp3) is 0.267. The van der Waals surface area contributed by atoms with E-state index in [2.05, 4.69) is 4.74 Å². The van der Waals surface area contributed by atoms with Gasteiger partial charge in [0, 0.05) is 0 Å². The molecule has 18 heavy (non-hydrogen) atoms. The quantitative estimate of drug-likeness (QED) is 0.788. The standard InChI is InChI=1S/C15H16O3/c1-10(15(16)18-3)11-4-5-13-9-14(17-2)7-6-12(13)8-11/h4-10H,1-3H3/t10-/m0/s1/i2D3,3D3,5D,7D,8D. The van der Waals surface area contributed by atoms with Crippen LogP contribution < -0.4 is 4.74 Å². The van der Waals surface area contributed by atoms with Gasteiger partial charge in [-0.25, -0.2) is 0 Å².